The highest BCUT2D eigenvalue weighted by atomic mass is 32.1. The van der Waals surface area contributed by atoms with Crippen LogP contribution < -0.4 is 10.6 Å². The van der Waals surface area contributed by atoms with Gasteiger partial charge >= 0.3 is 0 Å². The average Bonchev–Trinajstić information content (AvgIpc) is 2.76. The molecule has 104 valence electrons. The molecule has 2 N–H and O–H groups in total. The predicted octanol–water partition coefficient (Wildman–Crippen LogP) is 2.59. The van der Waals surface area contributed by atoms with E-state index < -0.39 is 0 Å². The van der Waals surface area contributed by atoms with E-state index in [4.69, 9.17) is 0 Å². The minimum Gasteiger partial charge on any atom is -0.302 e. The van der Waals surface area contributed by atoms with Crippen molar-refractivity contribution in [2.24, 2.45) is 0 Å². The third-order valence-corrected chi connectivity index (χ3v) is 4.62. The molecule has 1 aliphatic heterocycles. The second kappa shape index (κ2) is 5.34. The number of thiazole rings is 1. The van der Waals surface area contributed by atoms with Crippen LogP contribution in [-0.2, 0) is 11.2 Å². The van der Waals surface area contributed by atoms with Crippen molar-refractivity contribution < 1.29 is 4.79 Å². The fourth-order valence-electron chi connectivity index (χ4n) is 2.44. The minimum absolute atomic E-state index is 0.0362. The quantitative estimate of drug-likeness (QED) is 0.892. The number of carbonyl (C=O) groups is 1. The lowest BCUT2D eigenvalue weighted by atomic mass is 9.94. The van der Waals surface area contributed by atoms with Crippen molar-refractivity contribution in [2.45, 2.75) is 26.3 Å². The van der Waals surface area contributed by atoms with Crippen LogP contribution in [0.5, 0.6) is 0 Å². The molecule has 0 fully saturated rings. The van der Waals surface area contributed by atoms with E-state index in [2.05, 4.69) is 21.7 Å². The Bertz CT molecular complexity index is 631. The van der Waals surface area contributed by atoms with Gasteiger partial charge in [0.25, 0.3) is 0 Å². The van der Waals surface area contributed by atoms with E-state index in [0.717, 1.165) is 29.1 Å². The van der Waals surface area contributed by atoms with Crippen molar-refractivity contribution in [2.75, 3.05) is 11.9 Å². The van der Waals surface area contributed by atoms with Crippen LogP contribution in [0.1, 0.15) is 27.7 Å². The van der Waals surface area contributed by atoms with Gasteiger partial charge < -0.3 is 10.6 Å². The lowest BCUT2D eigenvalue weighted by Gasteiger charge is -2.25. The smallest absolute Gasteiger partial charge is 0.247 e. The summed E-state index contributed by atoms with van der Waals surface area (Å²) in [6.45, 7) is 4.79. The molecule has 0 saturated heterocycles. The summed E-state index contributed by atoms with van der Waals surface area (Å²) in [4.78, 5) is 17.9. The maximum atomic E-state index is 12.4. The summed E-state index contributed by atoms with van der Waals surface area (Å²) in [6, 6.07) is 7.82. The lowest BCUT2D eigenvalue weighted by molar-refractivity contribution is -0.118. The van der Waals surface area contributed by atoms with Crippen LogP contribution in [0.15, 0.2) is 24.3 Å². The van der Waals surface area contributed by atoms with Crippen molar-refractivity contribution in [3.63, 3.8) is 0 Å². The van der Waals surface area contributed by atoms with Crippen LogP contribution in [-0.4, -0.2) is 17.4 Å². The number of amides is 1. The summed E-state index contributed by atoms with van der Waals surface area (Å²) in [6.07, 6.45) is 0.968. The van der Waals surface area contributed by atoms with Crippen LogP contribution >= 0.6 is 11.3 Å². The molecule has 5 heteroatoms. The zero-order chi connectivity index (χ0) is 14.1. The summed E-state index contributed by atoms with van der Waals surface area (Å²) < 4.78 is 0. The van der Waals surface area contributed by atoms with Crippen LogP contribution in [0.3, 0.4) is 0 Å². The molecule has 1 aromatic carbocycles. The van der Waals surface area contributed by atoms with E-state index in [0.29, 0.717) is 5.13 Å². The SMILES string of the molecule is Cc1nc(NC(=O)C2NCCc3ccccc32)sc1C. The Hall–Kier alpha value is -1.72. The molecule has 1 atom stereocenters. The second-order valence-electron chi connectivity index (χ2n) is 4.99. The lowest BCUT2D eigenvalue weighted by Crippen LogP contribution is -2.38. The Morgan fingerprint density at radius 2 is 2.20 bits per heavy atom. The Morgan fingerprint density at radius 3 is 2.95 bits per heavy atom. The molecule has 0 bridgehead atoms. The van der Waals surface area contributed by atoms with Crippen LogP contribution in [0, 0.1) is 13.8 Å². The van der Waals surface area contributed by atoms with Crippen molar-refractivity contribution >= 4 is 22.4 Å². The molecule has 20 heavy (non-hydrogen) atoms. The van der Waals surface area contributed by atoms with Crippen molar-refractivity contribution in [3.8, 4) is 0 Å². The predicted molar refractivity (Wildman–Crippen MR) is 81.1 cm³/mol. The first-order valence-electron chi connectivity index (χ1n) is 6.71. The van der Waals surface area contributed by atoms with Gasteiger partial charge in [-0.05, 0) is 31.4 Å². The Balaban J connectivity index is 1.81. The monoisotopic (exact) mass is 287 g/mol. The molecule has 3 rings (SSSR count). The second-order valence-corrected chi connectivity index (χ2v) is 6.19. The first-order chi connectivity index (χ1) is 9.65. The van der Waals surface area contributed by atoms with E-state index >= 15 is 0 Å². The first-order valence-corrected chi connectivity index (χ1v) is 7.53. The van der Waals surface area contributed by atoms with Gasteiger partial charge in [-0.1, -0.05) is 24.3 Å². The summed E-state index contributed by atoms with van der Waals surface area (Å²) in [5, 5.41) is 6.88. The fourth-order valence-corrected chi connectivity index (χ4v) is 3.26. The molecule has 0 saturated carbocycles. The molecular weight excluding hydrogens is 270 g/mol. The average molecular weight is 287 g/mol. The molecular formula is C15H17N3OS. The molecule has 2 heterocycles. The van der Waals surface area contributed by atoms with E-state index in [1.54, 1.807) is 0 Å². The number of nitrogens with one attached hydrogen (secondary N) is 2. The number of hydrogen-bond acceptors (Lipinski definition) is 4. The number of benzene rings is 1. The van der Waals surface area contributed by atoms with Gasteiger partial charge in [0.05, 0.1) is 5.69 Å². The maximum Gasteiger partial charge on any atom is 0.247 e. The Kier molecular flexibility index (Phi) is 3.54. The molecule has 1 amide bonds. The van der Waals surface area contributed by atoms with Gasteiger partial charge in [0, 0.05) is 11.4 Å². The number of anilines is 1. The van der Waals surface area contributed by atoms with E-state index in [1.165, 1.54) is 16.9 Å². The molecule has 0 spiro atoms. The van der Waals surface area contributed by atoms with Crippen LogP contribution in [0.2, 0.25) is 0 Å². The number of rotatable bonds is 2. The van der Waals surface area contributed by atoms with E-state index in [-0.39, 0.29) is 11.9 Å². The van der Waals surface area contributed by atoms with E-state index in [9.17, 15) is 4.79 Å². The highest BCUT2D eigenvalue weighted by Crippen LogP contribution is 2.26. The molecule has 1 aliphatic rings. The van der Waals surface area contributed by atoms with Crippen LogP contribution in [0.4, 0.5) is 5.13 Å². The maximum absolute atomic E-state index is 12.4. The van der Waals surface area contributed by atoms with Gasteiger partial charge in [0.2, 0.25) is 5.91 Å². The molecule has 4 nitrogen and oxygen atoms in total. The molecule has 0 radical (unpaired) electrons. The third kappa shape index (κ3) is 2.46. The van der Waals surface area contributed by atoms with Crippen LogP contribution in [0.25, 0.3) is 0 Å². The first kappa shape index (κ1) is 13.3. The van der Waals surface area contributed by atoms with Gasteiger partial charge in [-0.15, -0.1) is 11.3 Å². The van der Waals surface area contributed by atoms with Gasteiger partial charge in [-0.2, -0.15) is 0 Å². The summed E-state index contributed by atoms with van der Waals surface area (Å²) >= 11 is 1.52. The zero-order valence-electron chi connectivity index (χ0n) is 11.6. The number of hydrogen-bond donors (Lipinski definition) is 2. The van der Waals surface area contributed by atoms with Gasteiger partial charge in [0.1, 0.15) is 6.04 Å². The number of aryl methyl sites for hydroxylation is 2. The number of nitrogens with zero attached hydrogens (tertiary/aromatic N) is 1. The van der Waals surface area contributed by atoms with Gasteiger partial charge in [-0.3, -0.25) is 4.79 Å². The highest BCUT2D eigenvalue weighted by molar-refractivity contribution is 7.15. The molecule has 0 aliphatic carbocycles. The van der Waals surface area contributed by atoms with Crippen molar-refractivity contribution in [1.82, 2.24) is 10.3 Å². The van der Waals surface area contributed by atoms with Crippen molar-refractivity contribution in [3.05, 3.63) is 46.0 Å². The standard InChI is InChI=1S/C15H17N3OS/c1-9-10(2)20-15(17-9)18-14(19)13-12-6-4-3-5-11(12)7-8-16-13/h3-6,13,16H,7-8H2,1-2H3,(H,17,18,19). The van der Waals surface area contributed by atoms with E-state index in [1.807, 2.05) is 32.0 Å². The number of fused-ring (bicyclic) bond motifs is 1. The van der Waals surface area contributed by atoms with Gasteiger partial charge in [-0.25, -0.2) is 4.98 Å². The largest absolute Gasteiger partial charge is 0.302 e. The molecule has 2 aromatic rings. The normalized spacial score (nSPS) is 17.6. The number of carbonyl (C=O) groups excluding carboxylic acids is 1. The summed E-state index contributed by atoms with van der Waals surface area (Å²) in [7, 11) is 0. The minimum atomic E-state index is -0.288. The number of aromatic nitrogens is 1. The topological polar surface area (TPSA) is 54.0 Å². The Morgan fingerprint density at radius 1 is 1.40 bits per heavy atom. The summed E-state index contributed by atoms with van der Waals surface area (Å²) in [5.41, 5.74) is 3.29. The van der Waals surface area contributed by atoms with Crippen molar-refractivity contribution in [1.29, 1.82) is 0 Å². The Labute approximate surface area is 122 Å². The zero-order valence-corrected chi connectivity index (χ0v) is 12.4. The van der Waals surface area contributed by atoms with Gasteiger partial charge in [0.15, 0.2) is 5.13 Å². The molecule has 1 unspecified atom stereocenters. The molecule has 1 aromatic heterocycles. The highest BCUT2D eigenvalue weighted by Gasteiger charge is 2.26. The summed E-state index contributed by atoms with van der Waals surface area (Å²) in [5.74, 6) is -0.0362. The third-order valence-electron chi connectivity index (χ3n) is 3.63. The fraction of sp³-hybridized carbons (Fsp3) is 0.333.